The van der Waals surface area contributed by atoms with Crippen LogP contribution >= 0.6 is 11.6 Å². The minimum atomic E-state index is -3.21. The molecule has 0 bridgehead atoms. The van der Waals surface area contributed by atoms with Crippen LogP contribution in [0.15, 0.2) is 41.3 Å². The fraction of sp³-hybridized carbons (Fsp3) is 0.511. The van der Waals surface area contributed by atoms with E-state index in [1.807, 2.05) is 13.1 Å². The Bertz CT molecular complexity index is 2700. The summed E-state index contributed by atoms with van der Waals surface area (Å²) in [5.74, 6) is -2.47. The Kier molecular flexibility index (Phi) is 10.5. The van der Waals surface area contributed by atoms with Gasteiger partial charge in [-0.25, -0.2) is 23.1 Å². The number of carbonyl (C=O) groups excluding carboxylic acids is 2. The third-order valence-electron chi connectivity index (χ3n) is 13.9. The zero-order valence-electron chi connectivity index (χ0n) is 35.5. The molecule has 0 spiro atoms. The smallest absolute Gasteiger partial charge is 0.301 e. The second kappa shape index (κ2) is 16.0. The topological polar surface area (TPSA) is 143 Å². The summed E-state index contributed by atoms with van der Waals surface area (Å²) < 4.78 is 54.6. The summed E-state index contributed by atoms with van der Waals surface area (Å²) in [6.45, 7) is 5.75. The third kappa shape index (κ3) is 7.64. The first kappa shape index (κ1) is 41.6. The predicted molar refractivity (Wildman–Crippen MR) is 235 cm³/mol. The van der Waals surface area contributed by atoms with E-state index in [0.29, 0.717) is 67.0 Å². The number of nitrogens with one attached hydrogen (secondary N) is 2. The van der Waals surface area contributed by atoms with Crippen molar-refractivity contribution < 1.29 is 27.5 Å². The fourth-order valence-electron chi connectivity index (χ4n) is 10.1. The molecule has 18 heteroatoms. The first-order valence-corrected chi connectivity index (χ1v) is 22.3. The van der Waals surface area contributed by atoms with E-state index in [9.17, 15) is 14.4 Å². The maximum atomic E-state index is 15.8. The number of aromatic nitrogens is 5. The van der Waals surface area contributed by atoms with Crippen molar-refractivity contribution in [1.29, 1.82) is 0 Å². The standard InChI is InChI=1S/C45H50ClF3N10O4/c1-24-21-58(16-13-28(24)22-57-14-11-25(12-15-57)27-9-10-29-35(17-27)56(3)54-42(29)59-36(60)5-4-6-37(59)61)44-50-20-31(46)41(53-44)51-33-18-30-34(19-32(33)47)55(2)43(62)39-38(30)52-40(26-7-8-26)45(48,49)23-63-39/h9-10,17-20,24-26,28,40,52H,4-8,11-16,21-23H2,1-3H3,(H,50,51,53)/t24-,28-,40+/m1/s1. The van der Waals surface area contributed by atoms with Crippen molar-refractivity contribution in [3.05, 3.63) is 63.3 Å². The highest BCUT2D eigenvalue weighted by Crippen LogP contribution is 2.46. The largest absolute Gasteiger partial charge is 0.480 e. The van der Waals surface area contributed by atoms with Crippen LogP contribution in [0.25, 0.3) is 21.8 Å². The highest BCUT2D eigenvalue weighted by Gasteiger charge is 2.51. The Balaban J connectivity index is 0.791. The number of amides is 2. The molecule has 4 aliphatic heterocycles. The summed E-state index contributed by atoms with van der Waals surface area (Å²) in [5.41, 5.74) is 1.87. The maximum Gasteiger partial charge on any atom is 0.301 e. The number of alkyl halides is 2. The van der Waals surface area contributed by atoms with Crippen LogP contribution in [0.2, 0.25) is 5.02 Å². The molecule has 3 aromatic heterocycles. The number of hydrogen-bond acceptors (Lipinski definition) is 11. The minimum absolute atomic E-state index is 0.00133. The number of benzene rings is 2. The molecule has 63 heavy (non-hydrogen) atoms. The van der Waals surface area contributed by atoms with Crippen LogP contribution in [-0.2, 0) is 23.7 Å². The lowest BCUT2D eigenvalue weighted by atomic mass is 9.84. The van der Waals surface area contributed by atoms with Gasteiger partial charge < -0.3 is 29.7 Å². The van der Waals surface area contributed by atoms with Crippen LogP contribution in [0.4, 0.5) is 42.1 Å². The van der Waals surface area contributed by atoms with E-state index in [1.54, 1.807) is 4.68 Å². The second-order valence-corrected chi connectivity index (χ2v) is 18.6. The molecule has 332 valence electrons. The van der Waals surface area contributed by atoms with E-state index in [0.717, 1.165) is 62.9 Å². The van der Waals surface area contributed by atoms with Gasteiger partial charge in [-0.2, -0.15) is 10.1 Å². The molecule has 2 amide bonds. The van der Waals surface area contributed by atoms with Crippen molar-refractivity contribution in [3.8, 4) is 5.75 Å². The first-order chi connectivity index (χ1) is 30.2. The van der Waals surface area contributed by atoms with E-state index < -0.39 is 29.9 Å². The molecule has 10 rings (SSSR count). The van der Waals surface area contributed by atoms with E-state index in [2.05, 4.69) is 49.6 Å². The number of ether oxygens (including phenoxy) is 1. The highest BCUT2D eigenvalue weighted by atomic mass is 35.5. The number of nitrogens with zero attached hydrogens (tertiary/aromatic N) is 8. The Morgan fingerprint density at radius 2 is 1.73 bits per heavy atom. The van der Waals surface area contributed by atoms with Gasteiger partial charge in [0.25, 0.3) is 5.56 Å². The molecule has 4 fully saturated rings. The molecule has 0 radical (unpaired) electrons. The summed E-state index contributed by atoms with van der Waals surface area (Å²) in [7, 11) is 3.31. The number of likely N-dealkylation sites (tertiary alicyclic amines) is 1. The zero-order valence-corrected chi connectivity index (χ0v) is 36.2. The average Bonchev–Trinajstić information content (AvgIpc) is 4.07. The van der Waals surface area contributed by atoms with E-state index >= 15 is 13.2 Å². The van der Waals surface area contributed by atoms with Crippen molar-refractivity contribution in [2.75, 3.05) is 59.8 Å². The van der Waals surface area contributed by atoms with Gasteiger partial charge in [0.1, 0.15) is 10.8 Å². The Morgan fingerprint density at radius 3 is 2.46 bits per heavy atom. The van der Waals surface area contributed by atoms with Crippen LogP contribution in [0.5, 0.6) is 5.75 Å². The summed E-state index contributed by atoms with van der Waals surface area (Å²) in [6, 6.07) is 7.75. The van der Waals surface area contributed by atoms with Crippen LogP contribution < -0.4 is 30.7 Å². The van der Waals surface area contributed by atoms with Gasteiger partial charge in [-0.15, -0.1) is 0 Å². The van der Waals surface area contributed by atoms with Crippen molar-refractivity contribution in [2.24, 2.45) is 31.8 Å². The lowest BCUT2D eigenvalue weighted by Gasteiger charge is -2.41. The number of pyridine rings is 1. The number of piperidine rings is 3. The number of carbonyl (C=O) groups is 2. The molecule has 3 atom stereocenters. The van der Waals surface area contributed by atoms with Gasteiger partial charge in [0.15, 0.2) is 18.2 Å². The summed E-state index contributed by atoms with van der Waals surface area (Å²) in [4.78, 5) is 53.8. The van der Waals surface area contributed by atoms with Crippen molar-refractivity contribution in [1.82, 2.24) is 29.2 Å². The molecule has 2 aromatic carbocycles. The Hall–Kier alpha value is -5.42. The molecule has 3 saturated heterocycles. The van der Waals surface area contributed by atoms with Gasteiger partial charge in [-0.3, -0.25) is 19.1 Å². The number of halogens is 4. The van der Waals surface area contributed by atoms with E-state index in [-0.39, 0.29) is 51.2 Å². The predicted octanol–water partition coefficient (Wildman–Crippen LogP) is 7.36. The van der Waals surface area contributed by atoms with Crippen molar-refractivity contribution >= 4 is 74.2 Å². The average molecular weight is 887 g/mol. The van der Waals surface area contributed by atoms with Gasteiger partial charge in [0.05, 0.1) is 34.6 Å². The molecular weight excluding hydrogens is 837 g/mol. The fourth-order valence-corrected chi connectivity index (χ4v) is 10.3. The molecule has 5 aliphatic rings. The van der Waals surface area contributed by atoms with E-state index in [1.165, 1.54) is 40.4 Å². The molecule has 1 saturated carbocycles. The van der Waals surface area contributed by atoms with Crippen molar-refractivity contribution in [3.63, 3.8) is 0 Å². The molecule has 2 N–H and O–H groups in total. The van der Waals surface area contributed by atoms with Gasteiger partial charge in [0, 0.05) is 63.4 Å². The summed E-state index contributed by atoms with van der Waals surface area (Å²) in [6.07, 6.45) is 7.06. The van der Waals surface area contributed by atoms with Gasteiger partial charge in [-0.1, -0.05) is 24.6 Å². The number of aryl methyl sites for hydroxylation is 2. The quantitative estimate of drug-likeness (QED) is 0.151. The number of fused-ring (bicyclic) bond motifs is 4. The summed E-state index contributed by atoms with van der Waals surface area (Å²) >= 11 is 6.59. The number of hydrogen-bond donors (Lipinski definition) is 2. The minimum Gasteiger partial charge on any atom is -0.480 e. The van der Waals surface area contributed by atoms with Crippen LogP contribution in [0.3, 0.4) is 0 Å². The van der Waals surface area contributed by atoms with Crippen molar-refractivity contribution in [2.45, 2.75) is 76.2 Å². The molecule has 14 nitrogen and oxygen atoms in total. The normalized spacial score (nSPS) is 23.4. The van der Waals surface area contributed by atoms with Gasteiger partial charge in [-0.05, 0) is 99.0 Å². The number of anilines is 5. The van der Waals surface area contributed by atoms with Gasteiger partial charge in [0.2, 0.25) is 23.5 Å². The van der Waals surface area contributed by atoms with Crippen LogP contribution in [0.1, 0.15) is 69.8 Å². The molecule has 0 unspecified atom stereocenters. The lowest BCUT2D eigenvalue weighted by Crippen LogP contribution is -2.45. The Morgan fingerprint density at radius 1 is 0.968 bits per heavy atom. The second-order valence-electron chi connectivity index (χ2n) is 18.2. The van der Waals surface area contributed by atoms with E-state index in [4.69, 9.17) is 21.3 Å². The number of imide groups is 1. The zero-order chi connectivity index (χ0) is 43.9. The monoisotopic (exact) mass is 886 g/mol. The third-order valence-corrected chi connectivity index (χ3v) is 14.2. The highest BCUT2D eigenvalue weighted by molar-refractivity contribution is 6.33. The molecule has 7 heterocycles. The molecule has 5 aromatic rings. The van der Waals surface area contributed by atoms with Crippen LogP contribution in [0, 0.1) is 23.6 Å². The summed E-state index contributed by atoms with van der Waals surface area (Å²) in [5, 5.41) is 11.9. The molecular formula is C45H50ClF3N10O4. The number of rotatable bonds is 8. The van der Waals surface area contributed by atoms with Crippen LogP contribution in [-0.4, -0.2) is 92.3 Å². The Labute approximate surface area is 366 Å². The lowest BCUT2D eigenvalue weighted by molar-refractivity contribution is -0.129. The molecule has 1 aliphatic carbocycles. The SMILES string of the molecule is C[C@@H]1CN(c2ncc(Cl)c(Nc3cc4c5c(c(=O)n(C)c4cc3F)OCC(F)(F)[C@H](C3CC3)N5)n2)CC[C@@H]1CN1CCC(c2ccc3c(N4C(=O)CCCC4=O)nn(C)c3c2)CC1. The maximum absolute atomic E-state index is 15.8. The van der Waals surface area contributed by atoms with Gasteiger partial charge >= 0.3 is 5.92 Å². The first-order valence-electron chi connectivity index (χ1n) is 22.0.